The van der Waals surface area contributed by atoms with Gasteiger partial charge >= 0.3 is 6.01 Å². The molecule has 1 aliphatic rings. The molecule has 0 aliphatic carbocycles. The van der Waals surface area contributed by atoms with Gasteiger partial charge in [-0.3, -0.25) is 4.79 Å². The summed E-state index contributed by atoms with van der Waals surface area (Å²) in [6.45, 7) is 1.79. The molecule has 0 N–H and O–H groups in total. The summed E-state index contributed by atoms with van der Waals surface area (Å²) in [5.41, 5.74) is 0. The second kappa shape index (κ2) is 7.13. The van der Waals surface area contributed by atoms with Gasteiger partial charge in [0.1, 0.15) is 12.6 Å². The third kappa shape index (κ3) is 4.00. The molecule has 3 heterocycles. The molecular formula is C16H20N4O3. The van der Waals surface area contributed by atoms with Crippen LogP contribution >= 0.6 is 0 Å². The van der Waals surface area contributed by atoms with E-state index in [4.69, 9.17) is 9.47 Å². The average Bonchev–Trinajstić information content (AvgIpc) is 3.08. The summed E-state index contributed by atoms with van der Waals surface area (Å²) in [5.74, 6) is 0.650. The molecule has 1 aliphatic heterocycles. The lowest BCUT2D eigenvalue weighted by atomic mass is 10.1. The number of likely N-dealkylation sites (tertiary alicyclic amines) is 1. The van der Waals surface area contributed by atoms with Gasteiger partial charge in [-0.25, -0.2) is 4.98 Å². The number of carbonyl (C=O) groups is 1. The van der Waals surface area contributed by atoms with Gasteiger partial charge in [0.2, 0.25) is 11.8 Å². The zero-order chi connectivity index (χ0) is 16.1. The molecule has 0 bridgehead atoms. The molecule has 23 heavy (non-hydrogen) atoms. The fourth-order valence-electron chi connectivity index (χ4n) is 2.61. The largest absolute Gasteiger partial charge is 0.474 e. The van der Waals surface area contributed by atoms with Crippen LogP contribution in [0.1, 0.15) is 12.8 Å². The van der Waals surface area contributed by atoms with Gasteiger partial charge in [0.05, 0.1) is 7.11 Å². The second-order valence-electron chi connectivity index (χ2n) is 5.43. The first-order valence-corrected chi connectivity index (χ1v) is 7.67. The minimum absolute atomic E-state index is 0.0604. The molecule has 2 aromatic rings. The molecule has 0 saturated carbocycles. The Labute approximate surface area is 134 Å². The van der Waals surface area contributed by atoms with E-state index in [-0.39, 0.29) is 12.0 Å². The maximum atomic E-state index is 12.2. The van der Waals surface area contributed by atoms with Gasteiger partial charge in [0, 0.05) is 50.6 Å². The molecule has 3 rings (SSSR count). The predicted molar refractivity (Wildman–Crippen MR) is 83.2 cm³/mol. The van der Waals surface area contributed by atoms with E-state index >= 15 is 0 Å². The molecular weight excluding hydrogens is 296 g/mol. The smallest absolute Gasteiger partial charge is 0.319 e. The van der Waals surface area contributed by atoms with Crippen LogP contribution in [0.3, 0.4) is 0 Å². The Bertz CT molecular complexity index is 637. The van der Waals surface area contributed by atoms with E-state index in [2.05, 4.69) is 9.97 Å². The number of hydrogen-bond acceptors (Lipinski definition) is 5. The first kappa shape index (κ1) is 15.3. The van der Waals surface area contributed by atoms with Crippen molar-refractivity contribution in [2.45, 2.75) is 25.5 Å². The van der Waals surface area contributed by atoms with Crippen molar-refractivity contribution in [3.63, 3.8) is 0 Å². The highest BCUT2D eigenvalue weighted by molar-refractivity contribution is 5.76. The first-order chi connectivity index (χ1) is 11.2. The Hall–Kier alpha value is -2.57. The molecule has 0 radical (unpaired) electrons. The predicted octanol–water partition coefficient (Wildman–Crippen LogP) is 1.36. The van der Waals surface area contributed by atoms with E-state index in [0.29, 0.717) is 31.5 Å². The summed E-state index contributed by atoms with van der Waals surface area (Å²) >= 11 is 0. The van der Waals surface area contributed by atoms with Crippen LogP contribution in [0, 0.1) is 0 Å². The highest BCUT2D eigenvalue weighted by atomic mass is 16.5. The molecule has 1 fully saturated rings. The third-order valence-electron chi connectivity index (χ3n) is 3.86. The van der Waals surface area contributed by atoms with Crippen LogP contribution in [-0.4, -0.2) is 51.6 Å². The fourth-order valence-corrected chi connectivity index (χ4v) is 2.61. The highest BCUT2D eigenvalue weighted by Gasteiger charge is 2.24. The molecule has 0 spiro atoms. The van der Waals surface area contributed by atoms with E-state index in [1.54, 1.807) is 12.3 Å². The number of ether oxygens (including phenoxy) is 2. The second-order valence-corrected chi connectivity index (χ2v) is 5.43. The summed E-state index contributed by atoms with van der Waals surface area (Å²) in [4.78, 5) is 22.2. The highest BCUT2D eigenvalue weighted by Crippen LogP contribution is 2.18. The number of aromatic nitrogens is 3. The summed E-state index contributed by atoms with van der Waals surface area (Å²) in [7, 11) is 1.52. The van der Waals surface area contributed by atoms with Gasteiger partial charge in [0.25, 0.3) is 0 Å². The molecule has 0 atom stereocenters. The van der Waals surface area contributed by atoms with Crippen LogP contribution < -0.4 is 9.47 Å². The van der Waals surface area contributed by atoms with Crippen molar-refractivity contribution < 1.29 is 14.3 Å². The molecule has 1 saturated heterocycles. The summed E-state index contributed by atoms with van der Waals surface area (Å²) < 4.78 is 12.7. The monoisotopic (exact) mass is 316 g/mol. The Morgan fingerprint density at radius 3 is 2.74 bits per heavy atom. The first-order valence-electron chi connectivity index (χ1n) is 7.67. The van der Waals surface area contributed by atoms with Crippen LogP contribution in [0.2, 0.25) is 0 Å². The van der Waals surface area contributed by atoms with E-state index in [1.165, 1.54) is 7.11 Å². The number of amides is 1. The van der Waals surface area contributed by atoms with Crippen molar-refractivity contribution in [1.82, 2.24) is 19.4 Å². The van der Waals surface area contributed by atoms with E-state index < -0.39 is 0 Å². The number of rotatable bonds is 5. The van der Waals surface area contributed by atoms with E-state index in [1.807, 2.05) is 34.0 Å². The lowest BCUT2D eigenvalue weighted by Crippen LogP contribution is -2.43. The molecule has 122 valence electrons. The maximum Gasteiger partial charge on any atom is 0.319 e. The van der Waals surface area contributed by atoms with Crippen LogP contribution in [0.4, 0.5) is 0 Å². The van der Waals surface area contributed by atoms with Crippen molar-refractivity contribution in [2.24, 2.45) is 0 Å². The SMILES string of the molecule is COc1nccc(OC2CCN(C(=O)Cn3cccc3)CC2)n1. The van der Waals surface area contributed by atoms with E-state index in [0.717, 1.165) is 12.8 Å². The zero-order valence-corrected chi connectivity index (χ0v) is 13.1. The van der Waals surface area contributed by atoms with Crippen molar-refractivity contribution in [2.75, 3.05) is 20.2 Å². The Kier molecular flexibility index (Phi) is 4.75. The minimum atomic E-state index is 0.0604. The Balaban J connectivity index is 1.49. The molecule has 7 nitrogen and oxygen atoms in total. The van der Waals surface area contributed by atoms with Gasteiger partial charge in [-0.05, 0) is 12.1 Å². The quantitative estimate of drug-likeness (QED) is 0.833. The molecule has 2 aromatic heterocycles. The summed E-state index contributed by atoms with van der Waals surface area (Å²) in [5, 5.41) is 0. The molecule has 7 heteroatoms. The van der Waals surface area contributed by atoms with Crippen molar-refractivity contribution in [3.8, 4) is 11.9 Å². The number of methoxy groups -OCH3 is 1. The topological polar surface area (TPSA) is 69.5 Å². The molecule has 0 aromatic carbocycles. The van der Waals surface area contributed by atoms with Gasteiger partial charge in [-0.15, -0.1) is 0 Å². The number of piperidine rings is 1. The van der Waals surface area contributed by atoms with Crippen molar-refractivity contribution >= 4 is 5.91 Å². The average molecular weight is 316 g/mol. The van der Waals surface area contributed by atoms with Crippen molar-refractivity contribution in [1.29, 1.82) is 0 Å². The Morgan fingerprint density at radius 1 is 1.30 bits per heavy atom. The van der Waals surface area contributed by atoms with Crippen LogP contribution in [-0.2, 0) is 11.3 Å². The molecule has 0 unspecified atom stereocenters. The fraction of sp³-hybridized carbons (Fsp3) is 0.438. The lowest BCUT2D eigenvalue weighted by Gasteiger charge is -2.32. The Morgan fingerprint density at radius 2 is 2.04 bits per heavy atom. The van der Waals surface area contributed by atoms with Crippen LogP contribution in [0.5, 0.6) is 11.9 Å². The van der Waals surface area contributed by atoms with Crippen LogP contribution in [0.25, 0.3) is 0 Å². The normalized spacial score (nSPS) is 15.4. The van der Waals surface area contributed by atoms with Gasteiger partial charge in [0.15, 0.2) is 0 Å². The number of nitrogens with zero attached hydrogens (tertiary/aromatic N) is 4. The van der Waals surface area contributed by atoms with Gasteiger partial charge in [-0.2, -0.15) is 4.98 Å². The maximum absolute atomic E-state index is 12.2. The number of hydrogen-bond donors (Lipinski definition) is 0. The van der Waals surface area contributed by atoms with E-state index in [9.17, 15) is 4.79 Å². The lowest BCUT2D eigenvalue weighted by molar-refractivity contribution is -0.133. The zero-order valence-electron chi connectivity index (χ0n) is 13.1. The third-order valence-corrected chi connectivity index (χ3v) is 3.86. The summed E-state index contributed by atoms with van der Waals surface area (Å²) in [6, 6.07) is 5.85. The minimum Gasteiger partial charge on any atom is -0.474 e. The summed E-state index contributed by atoms with van der Waals surface area (Å²) in [6.07, 6.45) is 7.06. The standard InChI is InChI=1S/C16H20N4O3/c1-22-16-17-7-4-14(18-16)23-13-5-10-20(11-6-13)15(21)12-19-8-2-3-9-19/h2-4,7-9,13H,5-6,10-12H2,1H3. The van der Waals surface area contributed by atoms with Crippen LogP contribution in [0.15, 0.2) is 36.8 Å². The van der Waals surface area contributed by atoms with Gasteiger partial charge < -0.3 is 18.9 Å². The van der Waals surface area contributed by atoms with Crippen molar-refractivity contribution in [3.05, 3.63) is 36.8 Å². The molecule has 1 amide bonds. The number of carbonyl (C=O) groups excluding carboxylic acids is 1. The van der Waals surface area contributed by atoms with Gasteiger partial charge in [-0.1, -0.05) is 0 Å².